The molecule has 1 saturated carbocycles. The van der Waals surface area contributed by atoms with Gasteiger partial charge in [-0.1, -0.05) is 34.5 Å². The molecule has 0 saturated heterocycles. The molecule has 1 fully saturated rings. The van der Waals surface area contributed by atoms with Crippen molar-refractivity contribution in [3.8, 4) is 5.75 Å². The van der Waals surface area contributed by atoms with Crippen LogP contribution in [0.25, 0.3) is 0 Å². The fraction of sp³-hybridized carbons (Fsp3) is 0.538. The molecule has 0 radical (unpaired) electrons. The Morgan fingerprint density at radius 1 is 1.19 bits per heavy atom. The number of benzene rings is 1. The van der Waals surface area contributed by atoms with Crippen LogP contribution in [0.2, 0.25) is 0 Å². The normalized spacial score (nSPS) is 17.4. The average molecular weight is 348 g/mol. The highest BCUT2D eigenvalue weighted by Crippen LogP contribution is 2.33. The average Bonchev–Trinajstić information content (AvgIpc) is 2.33. The van der Waals surface area contributed by atoms with Crippen molar-refractivity contribution in [2.75, 3.05) is 0 Å². The van der Waals surface area contributed by atoms with Crippen LogP contribution >= 0.6 is 31.9 Å². The molecule has 0 unspecified atom stereocenters. The Hall–Kier alpha value is -0.0200. The summed E-state index contributed by atoms with van der Waals surface area (Å²) in [6.07, 6.45) is 6.77. The molecule has 0 atom stereocenters. The fourth-order valence-electron chi connectivity index (χ4n) is 2.14. The Morgan fingerprint density at radius 2 is 1.94 bits per heavy atom. The number of halogens is 2. The lowest BCUT2D eigenvalue weighted by Crippen LogP contribution is -2.20. The first-order valence-corrected chi connectivity index (χ1v) is 7.72. The zero-order valence-electron chi connectivity index (χ0n) is 9.22. The molecule has 0 spiro atoms. The van der Waals surface area contributed by atoms with Crippen molar-refractivity contribution in [2.45, 2.75) is 43.5 Å². The van der Waals surface area contributed by atoms with E-state index in [-0.39, 0.29) is 0 Å². The summed E-state index contributed by atoms with van der Waals surface area (Å²) in [5.41, 5.74) is 1.22. The highest BCUT2D eigenvalue weighted by molar-refractivity contribution is 9.10. The summed E-state index contributed by atoms with van der Waals surface area (Å²) in [4.78, 5) is 0. The number of para-hydroxylation sites is 1. The van der Waals surface area contributed by atoms with Crippen molar-refractivity contribution in [2.24, 2.45) is 0 Å². The molecule has 1 nitrogen and oxygen atoms in total. The van der Waals surface area contributed by atoms with E-state index in [1.807, 2.05) is 6.07 Å². The van der Waals surface area contributed by atoms with E-state index in [9.17, 15) is 0 Å². The van der Waals surface area contributed by atoms with Gasteiger partial charge in [0.05, 0.1) is 10.6 Å². The minimum atomic E-state index is 0.408. The van der Waals surface area contributed by atoms with Gasteiger partial charge >= 0.3 is 0 Å². The molecule has 0 N–H and O–H groups in total. The van der Waals surface area contributed by atoms with Gasteiger partial charge in [-0.3, -0.25) is 0 Å². The van der Waals surface area contributed by atoms with Gasteiger partial charge in [-0.05, 0) is 47.7 Å². The van der Waals surface area contributed by atoms with Gasteiger partial charge in [0.2, 0.25) is 0 Å². The molecule has 3 heteroatoms. The summed E-state index contributed by atoms with van der Waals surface area (Å²) in [6.45, 7) is 0. The molecular formula is C13H16Br2O. The second-order valence-electron chi connectivity index (χ2n) is 4.24. The van der Waals surface area contributed by atoms with Gasteiger partial charge in [-0.2, -0.15) is 0 Å². The fourth-order valence-corrected chi connectivity index (χ4v) is 3.08. The number of ether oxygens (including phenoxy) is 1. The third-order valence-electron chi connectivity index (χ3n) is 3.03. The molecular weight excluding hydrogens is 332 g/mol. The van der Waals surface area contributed by atoms with Gasteiger partial charge < -0.3 is 4.74 Å². The largest absolute Gasteiger partial charge is 0.489 e. The molecule has 1 aromatic carbocycles. The predicted molar refractivity (Wildman–Crippen MR) is 74.3 cm³/mol. The third-order valence-corrected chi connectivity index (χ3v) is 4.26. The van der Waals surface area contributed by atoms with E-state index in [1.54, 1.807) is 0 Å². The molecule has 0 heterocycles. The summed E-state index contributed by atoms with van der Waals surface area (Å²) in [6, 6.07) is 6.20. The summed E-state index contributed by atoms with van der Waals surface area (Å²) < 4.78 is 7.20. The van der Waals surface area contributed by atoms with Crippen molar-refractivity contribution in [1.82, 2.24) is 0 Å². The van der Waals surface area contributed by atoms with Crippen molar-refractivity contribution in [3.63, 3.8) is 0 Å². The van der Waals surface area contributed by atoms with Crippen molar-refractivity contribution in [3.05, 3.63) is 28.2 Å². The SMILES string of the molecule is BrCc1cccc(Br)c1OC1CCCCC1. The lowest BCUT2D eigenvalue weighted by atomic mass is 9.98. The molecule has 0 aliphatic heterocycles. The van der Waals surface area contributed by atoms with Crippen LogP contribution in [0.15, 0.2) is 22.7 Å². The zero-order valence-corrected chi connectivity index (χ0v) is 12.4. The maximum absolute atomic E-state index is 6.13. The number of alkyl halides is 1. The van der Waals surface area contributed by atoms with Crippen LogP contribution in [0, 0.1) is 0 Å². The number of hydrogen-bond acceptors (Lipinski definition) is 1. The van der Waals surface area contributed by atoms with Gasteiger partial charge in [0, 0.05) is 10.9 Å². The van der Waals surface area contributed by atoms with Gasteiger partial charge in [0.15, 0.2) is 0 Å². The second kappa shape index (κ2) is 6.06. The second-order valence-corrected chi connectivity index (χ2v) is 5.65. The molecule has 2 rings (SSSR count). The van der Waals surface area contributed by atoms with Crippen LogP contribution in [-0.2, 0) is 5.33 Å². The molecule has 0 bridgehead atoms. The first-order chi connectivity index (χ1) is 7.81. The quantitative estimate of drug-likeness (QED) is 0.695. The minimum absolute atomic E-state index is 0.408. The maximum atomic E-state index is 6.13. The van der Waals surface area contributed by atoms with E-state index in [2.05, 4.69) is 44.0 Å². The van der Waals surface area contributed by atoms with Gasteiger partial charge in [-0.15, -0.1) is 0 Å². The molecule has 1 aliphatic rings. The van der Waals surface area contributed by atoms with Crippen LogP contribution in [0.4, 0.5) is 0 Å². The summed E-state index contributed by atoms with van der Waals surface area (Å²) in [5.74, 6) is 1.02. The summed E-state index contributed by atoms with van der Waals surface area (Å²) in [5, 5.41) is 0.842. The minimum Gasteiger partial charge on any atom is -0.489 e. The van der Waals surface area contributed by atoms with Crippen LogP contribution in [-0.4, -0.2) is 6.10 Å². The van der Waals surface area contributed by atoms with Gasteiger partial charge in [-0.25, -0.2) is 0 Å². The lowest BCUT2D eigenvalue weighted by molar-refractivity contribution is 0.153. The Bertz CT molecular complexity index is 346. The van der Waals surface area contributed by atoms with E-state index in [0.29, 0.717) is 6.10 Å². The summed E-state index contributed by atoms with van der Waals surface area (Å²) in [7, 11) is 0. The van der Waals surface area contributed by atoms with Gasteiger partial charge in [0.25, 0.3) is 0 Å². The highest BCUT2D eigenvalue weighted by Gasteiger charge is 2.17. The lowest BCUT2D eigenvalue weighted by Gasteiger charge is -2.24. The van der Waals surface area contributed by atoms with E-state index >= 15 is 0 Å². The van der Waals surface area contributed by atoms with E-state index in [4.69, 9.17) is 4.74 Å². The van der Waals surface area contributed by atoms with E-state index in [0.717, 1.165) is 15.6 Å². The van der Waals surface area contributed by atoms with E-state index in [1.165, 1.54) is 37.7 Å². The molecule has 16 heavy (non-hydrogen) atoms. The highest BCUT2D eigenvalue weighted by atomic mass is 79.9. The molecule has 1 aromatic rings. The zero-order chi connectivity index (χ0) is 11.4. The van der Waals surface area contributed by atoms with Crippen molar-refractivity contribution in [1.29, 1.82) is 0 Å². The Morgan fingerprint density at radius 3 is 2.62 bits per heavy atom. The van der Waals surface area contributed by atoms with E-state index < -0.39 is 0 Å². The topological polar surface area (TPSA) is 9.23 Å². The standard InChI is InChI=1S/C13H16Br2O/c14-9-10-5-4-8-12(15)13(10)16-11-6-2-1-3-7-11/h4-5,8,11H,1-3,6-7,9H2. The van der Waals surface area contributed by atoms with Crippen LogP contribution in [0.3, 0.4) is 0 Å². The molecule has 88 valence electrons. The first kappa shape index (κ1) is 12.4. The van der Waals surface area contributed by atoms with Crippen LogP contribution in [0.5, 0.6) is 5.75 Å². The van der Waals surface area contributed by atoms with Crippen LogP contribution in [0.1, 0.15) is 37.7 Å². The number of hydrogen-bond donors (Lipinski definition) is 0. The molecule has 0 aromatic heterocycles. The Balaban J connectivity index is 2.12. The van der Waals surface area contributed by atoms with Crippen molar-refractivity contribution < 1.29 is 4.74 Å². The van der Waals surface area contributed by atoms with Gasteiger partial charge in [0.1, 0.15) is 5.75 Å². The van der Waals surface area contributed by atoms with Crippen LogP contribution < -0.4 is 4.74 Å². The smallest absolute Gasteiger partial charge is 0.137 e. The predicted octanol–water partition coefficient (Wildman–Crippen LogP) is 5.06. The van der Waals surface area contributed by atoms with Crippen molar-refractivity contribution >= 4 is 31.9 Å². The third kappa shape index (κ3) is 3.01. The Labute approximate surface area is 114 Å². The molecule has 0 amide bonds. The summed E-state index contributed by atoms with van der Waals surface area (Å²) >= 11 is 7.08. The Kier molecular flexibility index (Phi) is 4.71. The monoisotopic (exact) mass is 346 g/mol. The number of rotatable bonds is 3. The maximum Gasteiger partial charge on any atom is 0.137 e. The molecule has 1 aliphatic carbocycles. The first-order valence-electron chi connectivity index (χ1n) is 5.81.